The lowest BCUT2D eigenvalue weighted by Gasteiger charge is -2.30. The lowest BCUT2D eigenvalue weighted by atomic mass is 10.1. The Bertz CT molecular complexity index is 1110. The second-order valence-electron chi connectivity index (χ2n) is 6.17. The average molecular weight is 390 g/mol. The average Bonchev–Trinajstić information content (AvgIpc) is 2.71. The normalized spacial score (nSPS) is 13.9. The molecule has 0 saturated carbocycles. The number of anilines is 2. The molecule has 3 heterocycles. The van der Waals surface area contributed by atoms with Gasteiger partial charge in [0.2, 0.25) is 5.95 Å². The smallest absolute Gasteiger partial charge is 0.251 e. The number of carbonyl (C=O) groups is 1. The highest BCUT2D eigenvalue weighted by Gasteiger charge is 2.22. The molecule has 0 saturated heterocycles. The van der Waals surface area contributed by atoms with E-state index in [4.69, 9.17) is 11.5 Å². The molecule has 28 heavy (non-hydrogen) atoms. The van der Waals surface area contributed by atoms with E-state index in [9.17, 15) is 4.79 Å². The van der Waals surface area contributed by atoms with Crippen LogP contribution >= 0.6 is 11.8 Å². The van der Waals surface area contributed by atoms with Gasteiger partial charge in [-0.2, -0.15) is 0 Å². The molecule has 140 valence electrons. The second kappa shape index (κ2) is 7.69. The Balaban J connectivity index is 1.70. The van der Waals surface area contributed by atoms with Crippen molar-refractivity contribution in [3.8, 4) is 0 Å². The van der Waals surface area contributed by atoms with Crippen molar-refractivity contribution in [3.05, 3.63) is 77.2 Å². The fourth-order valence-corrected chi connectivity index (χ4v) is 4.11. The molecule has 0 fully saturated rings. The van der Waals surface area contributed by atoms with Gasteiger partial charge in [-0.25, -0.2) is 9.97 Å². The first-order chi connectivity index (χ1) is 13.6. The van der Waals surface area contributed by atoms with E-state index in [1.165, 1.54) is 11.8 Å². The molecule has 0 radical (unpaired) electrons. The molecule has 0 atom stereocenters. The van der Waals surface area contributed by atoms with Crippen LogP contribution in [0.25, 0.3) is 10.9 Å². The molecule has 1 aliphatic rings. The minimum Gasteiger partial charge on any atom is -0.368 e. The Morgan fingerprint density at radius 1 is 1.18 bits per heavy atom. The number of hydrogen-bond donors (Lipinski definition) is 2. The van der Waals surface area contributed by atoms with Crippen LogP contribution in [-0.4, -0.2) is 27.4 Å². The Morgan fingerprint density at radius 3 is 2.89 bits per heavy atom. The zero-order valence-corrected chi connectivity index (χ0v) is 15.8. The number of nitrogens with zero attached hydrogens (tertiary/aromatic N) is 4. The van der Waals surface area contributed by atoms with Crippen LogP contribution in [0.15, 0.2) is 71.5 Å². The topological polar surface area (TPSA) is 111 Å². The summed E-state index contributed by atoms with van der Waals surface area (Å²) in [7, 11) is 0. The highest BCUT2D eigenvalue weighted by Crippen LogP contribution is 2.35. The fraction of sp³-hybridized carbons (Fsp3) is 0.100. The van der Waals surface area contributed by atoms with Crippen molar-refractivity contribution in [1.82, 2.24) is 15.0 Å². The van der Waals surface area contributed by atoms with Gasteiger partial charge in [0.25, 0.3) is 5.91 Å². The van der Waals surface area contributed by atoms with Crippen molar-refractivity contribution in [1.29, 1.82) is 0 Å². The highest BCUT2D eigenvalue weighted by molar-refractivity contribution is 8.02. The quantitative estimate of drug-likeness (QED) is 0.689. The number of carbonyl (C=O) groups excluding carboxylic acids is 1. The van der Waals surface area contributed by atoms with Crippen molar-refractivity contribution in [2.75, 3.05) is 17.2 Å². The number of aromatic nitrogens is 3. The van der Waals surface area contributed by atoms with Gasteiger partial charge in [0.05, 0.1) is 21.8 Å². The number of benzene rings is 1. The van der Waals surface area contributed by atoms with Crippen LogP contribution in [0.5, 0.6) is 0 Å². The predicted molar refractivity (Wildman–Crippen MR) is 112 cm³/mol. The van der Waals surface area contributed by atoms with Crippen LogP contribution in [0.3, 0.4) is 0 Å². The molecule has 7 nitrogen and oxygen atoms in total. The summed E-state index contributed by atoms with van der Waals surface area (Å²) in [5.74, 6) is 0.302. The number of thioether (sulfide) groups is 1. The van der Waals surface area contributed by atoms with Crippen LogP contribution in [-0.2, 0) is 10.5 Å². The maximum atomic E-state index is 12.0. The number of nitrogens with two attached hydrogens (primary N) is 2. The third-order valence-corrected chi connectivity index (χ3v) is 5.45. The summed E-state index contributed by atoms with van der Waals surface area (Å²) in [6, 6.07) is 11.8. The van der Waals surface area contributed by atoms with E-state index in [0.29, 0.717) is 17.9 Å². The molecule has 4 N–H and O–H groups in total. The zero-order chi connectivity index (χ0) is 19.5. The van der Waals surface area contributed by atoms with Gasteiger partial charge in [-0.3, -0.25) is 9.78 Å². The van der Waals surface area contributed by atoms with E-state index in [1.54, 1.807) is 24.5 Å². The van der Waals surface area contributed by atoms with Crippen LogP contribution in [0, 0.1) is 0 Å². The summed E-state index contributed by atoms with van der Waals surface area (Å²) in [5, 5.41) is 1.82. The van der Waals surface area contributed by atoms with E-state index in [1.807, 2.05) is 30.3 Å². The first kappa shape index (κ1) is 18.0. The predicted octanol–water partition coefficient (Wildman–Crippen LogP) is 2.61. The summed E-state index contributed by atoms with van der Waals surface area (Å²) in [6.07, 6.45) is 7.10. The summed E-state index contributed by atoms with van der Waals surface area (Å²) < 4.78 is 0. The van der Waals surface area contributed by atoms with E-state index >= 15 is 0 Å². The number of rotatable bonds is 5. The largest absolute Gasteiger partial charge is 0.368 e. The molecule has 1 aromatic carbocycles. The van der Waals surface area contributed by atoms with E-state index in [0.717, 1.165) is 27.3 Å². The van der Waals surface area contributed by atoms with Crippen molar-refractivity contribution in [3.63, 3.8) is 0 Å². The maximum Gasteiger partial charge on any atom is 0.251 e. The molecule has 8 heteroatoms. The van der Waals surface area contributed by atoms with Gasteiger partial charge in [0, 0.05) is 35.8 Å². The SMILES string of the molecule is NC(=O)C1=C(SCc2ccnc(N)n2)N(c2ccc3ncccc3c2)CC=C1. The number of amides is 1. The summed E-state index contributed by atoms with van der Waals surface area (Å²) in [6.45, 7) is 0.636. The first-order valence-corrected chi connectivity index (χ1v) is 9.63. The molecule has 4 rings (SSSR count). The molecule has 1 aliphatic heterocycles. The van der Waals surface area contributed by atoms with Crippen molar-refractivity contribution < 1.29 is 4.79 Å². The summed E-state index contributed by atoms with van der Waals surface area (Å²) in [5.41, 5.74) is 14.5. The first-order valence-electron chi connectivity index (χ1n) is 8.65. The molecule has 0 bridgehead atoms. The maximum absolute atomic E-state index is 12.0. The Kier molecular flexibility index (Phi) is 4.94. The number of primary amides is 1. The Hall–Kier alpha value is -3.39. The third kappa shape index (κ3) is 3.67. The van der Waals surface area contributed by atoms with E-state index in [-0.39, 0.29) is 5.95 Å². The molecule has 2 aromatic heterocycles. The summed E-state index contributed by atoms with van der Waals surface area (Å²) in [4.78, 5) is 26.6. The summed E-state index contributed by atoms with van der Waals surface area (Å²) >= 11 is 1.50. The standard InChI is InChI=1S/C20H18N6OS/c21-18(27)16-4-2-10-26(15-5-6-17-13(11-15)3-1-8-23-17)19(16)28-12-14-7-9-24-20(22)25-14/h1-9,11H,10,12H2,(H2,21,27)(H2,22,24,25). The number of nitrogen functional groups attached to an aromatic ring is 1. The lowest BCUT2D eigenvalue weighted by Crippen LogP contribution is -2.29. The van der Waals surface area contributed by atoms with Gasteiger partial charge in [-0.05, 0) is 36.4 Å². The molecule has 0 spiro atoms. The minimum absolute atomic E-state index is 0.227. The number of pyridine rings is 1. The lowest BCUT2D eigenvalue weighted by molar-refractivity contribution is -0.114. The molecule has 0 aliphatic carbocycles. The van der Waals surface area contributed by atoms with Crippen molar-refractivity contribution in [2.45, 2.75) is 5.75 Å². The highest BCUT2D eigenvalue weighted by atomic mass is 32.2. The Morgan fingerprint density at radius 2 is 2.07 bits per heavy atom. The van der Waals surface area contributed by atoms with Gasteiger partial charge < -0.3 is 16.4 Å². The monoisotopic (exact) mass is 390 g/mol. The minimum atomic E-state index is -0.465. The molecular weight excluding hydrogens is 372 g/mol. The van der Waals surface area contributed by atoms with Crippen molar-refractivity contribution in [2.24, 2.45) is 5.73 Å². The molecule has 1 amide bonds. The van der Waals surface area contributed by atoms with Crippen LogP contribution in [0.2, 0.25) is 0 Å². The van der Waals surface area contributed by atoms with Crippen LogP contribution < -0.4 is 16.4 Å². The van der Waals surface area contributed by atoms with Gasteiger partial charge in [0.1, 0.15) is 0 Å². The van der Waals surface area contributed by atoms with Gasteiger partial charge >= 0.3 is 0 Å². The van der Waals surface area contributed by atoms with Gasteiger partial charge in [0.15, 0.2) is 0 Å². The van der Waals surface area contributed by atoms with E-state index in [2.05, 4.69) is 25.9 Å². The van der Waals surface area contributed by atoms with Gasteiger partial charge in [-0.1, -0.05) is 12.1 Å². The number of fused-ring (bicyclic) bond motifs is 1. The second-order valence-corrected chi connectivity index (χ2v) is 7.14. The van der Waals surface area contributed by atoms with E-state index < -0.39 is 5.91 Å². The van der Waals surface area contributed by atoms with Crippen molar-refractivity contribution >= 4 is 40.2 Å². The molecule has 3 aromatic rings. The van der Waals surface area contributed by atoms with Crippen LogP contribution in [0.1, 0.15) is 5.69 Å². The van der Waals surface area contributed by atoms with Crippen LogP contribution in [0.4, 0.5) is 11.6 Å². The molecule has 0 unspecified atom stereocenters. The fourth-order valence-electron chi connectivity index (χ4n) is 3.01. The zero-order valence-electron chi connectivity index (χ0n) is 14.9. The van der Waals surface area contributed by atoms with Gasteiger partial charge in [-0.15, -0.1) is 11.8 Å². The number of hydrogen-bond acceptors (Lipinski definition) is 7. The molecular formula is C20H18N6OS. The third-order valence-electron chi connectivity index (χ3n) is 4.30. The Labute approximate surface area is 166 Å².